The normalized spacial score (nSPS) is 1.80. The second kappa shape index (κ2) is 31.2. The van der Waals surface area contributed by atoms with Gasteiger partial charge in [0.1, 0.15) is 0 Å². The van der Waals surface area contributed by atoms with E-state index in [2.05, 4.69) is 15.7 Å². The summed E-state index contributed by atoms with van der Waals surface area (Å²) >= 11 is 4.31. The van der Waals surface area contributed by atoms with Gasteiger partial charge < -0.3 is 0 Å². The molecular formula is IrORuTaTi. The van der Waals surface area contributed by atoms with Gasteiger partial charge in [-0.1, -0.05) is 0 Å². The molecular weight excluding hydrogens is 538 g/mol. The Labute approximate surface area is 75.8 Å². The Bertz CT molecular complexity index is 11.6. The van der Waals surface area contributed by atoms with Crippen LogP contribution in [0.15, 0.2) is 0 Å². The Morgan fingerprint density at radius 1 is 1.40 bits per heavy atom. The van der Waals surface area contributed by atoms with E-state index in [9.17, 15) is 0 Å². The van der Waals surface area contributed by atoms with Crippen molar-refractivity contribution in [2.24, 2.45) is 0 Å². The number of rotatable bonds is 0. The second-order valence-corrected chi connectivity index (χ2v) is 0. The fourth-order valence-corrected chi connectivity index (χ4v) is 0. The molecule has 0 amide bonds. The Hall–Kier alpha value is 2.53. The zero-order chi connectivity index (χ0) is 4.00. The molecule has 0 saturated carbocycles. The van der Waals surface area contributed by atoms with Crippen molar-refractivity contribution in [1.29, 1.82) is 0 Å². The predicted molar refractivity (Wildman–Crippen MR) is 0.686 cm³/mol. The molecule has 0 fully saturated rings. The molecule has 5 heavy (non-hydrogen) atoms. The average Bonchev–Trinajstić information content (AvgIpc) is 1.50. The third kappa shape index (κ3) is 20.9. The van der Waals surface area contributed by atoms with Gasteiger partial charge in [0, 0.05) is 19.5 Å². The van der Waals surface area contributed by atoms with Crippen LogP contribution >= 0.6 is 0 Å². The van der Waals surface area contributed by atoms with Gasteiger partial charge in [-0.3, -0.25) is 0 Å². The maximum atomic E-state index is 8.25. The van der Waals surface area contributed by atoms with Gasteiger partial charge in [0.2, 0.25) is 0 Å². The summed E-state index contributed by atoms with van der Waals surface area (Å²) in [6.07, 6.45) is 0. The summed E-state index contributed by atoms with van der Waals surface area (Å²) in [5, 5.41) is 0. The third-order valence-corrected chi connectivity index (χ3v) is 0. The van der Waals surface area contributed by atoms with Gasteiger partial charge in [0.05, 0.1) is 0 Å². The summed E-state index contributed by atoms with van der Waals surface area (Å²) in [5.74, 6) is 0. The van der Waals surface area contributed by atoms with Gasteiger partial charge in [-0.05, 0) is 0 Å². The minimum atomic E-state index is 0. The molecule has 0 aliphatic rings. The summed E-state index contributed by atoms with van der Waals surface area (Å²) in [6, 6.07) is 0. The van der Waals surface area contributed by atoms with E-state index in [1.165, 1.54) is 18.2 Å². The first-order chi connectivity index (χ1) is 2.00. The molecule has 5 heteroatoms. The van der Waals surface area contributed by atoms with E-state index in [1.54, 1.807) is 0 Å². The van der Waals surface area contributed by atoms with Crippen LogP contribution in [0.4, 0.5) is 0 Å². The molecule has 0 aromatic heterocycles. The first-order valence-corrected chi connectivity index (χ1v) is 10.8. The van der Waals surface area contributed by atoms with Crippen molar-refractivity contribution < 1.29 is 77.1 Å². The molecule has 0 radical (unpaired) electrons. The fraction of sp³-hybridized carbons (Fsp3) is 0. The van der Waals surface area contributed by atoms with E-state index in [0.29, 0.717) is 0 Å². The standard InChI is InChI=1S/Ir.O.Ru.Ta.Ti. The molecule has 32 valence electrons. The molecule has 0 heterocycles. The van der Waals surface area contributed by atoms with E-state index in [0.717, 1.165) is 20.4 Å². The molecule has 0 saturated heterocycles. The van der Waals surface area contributed by atoms with Crippen LogP contribution in [-0.4, -0.2) is 0 Å². The average molecular weight is 538 g/mol. The van der Waals surface area contributed by atoms with E-state index < -0.39 is 0 Å². The van der Waals surface area contributed by atoms with Crippen molar-refractivity contribution in [3.8, 4) is 0 Å². The van der Waals surface area contributed by atoms with Crippen LogP contribution in [0.3, 0.4) is 0 Å². The third-order valence-electron chi connectivity index (χ3n) is 0. The van der Waals surface area contributed by atoms with Crippen LogP contribution in [0, 0.1) is 0 Å². The molecule has 0 aromatic rings. The van der Waals surface area contributed by atoms with E-state index >= 15 is 0 Å². The van der Waals surface area contributed by atoms with Gasteiger partial charge in [-0.25, -0.2) is 0 Å². The Morgan fingerprint density at radius 2 is 1.40 bits per heavy atom. The monoisotopic (exact) mass is 540 g/mol. The Balaban J connectivity index is -0.0000000133. The van der Waals surface area contributed by atoms with E-state index in [1.807, 2.05) is 0 Å². The molecule has 0 aliphatic carbocycles. The summed E-state index contributed by atoms with van der Waals surface area (Å²) in [6.45, 7) is 0. The summed E-state index contributed by atoms with van der Waals surface area (Å²) in [7, 11) is 0. The van der Waals surface area contributed by atoms with Crippen molar-refractivity contribution >= 4 is 0 Å². The van der Waals surface area contributed by atoms with Crippen LogP contribution in [0.5, 0.6) is 0 Å². The molecule has 0 rings (SSSR count). The van der Waals surface area contributed by atoms with Gasteiger partial charge >= 0.3 is 57.6 Å². The first-order valence-electron chi connectivity index (χ1n) is 0.353. The minimum absolute atomic E-state index is 0. The quantitative estimate of drug-likeness (QED) is 0.394. The zero-order valence-corrected chi connectivity index (χ0v) is 11.0. The fourth-order valence-electron chi connectivity index (χ4n) is 0. The maximum absolute atomic E-state index is 8.25. The van der Waals surface area contributed by atoms with Crippen molar-refractivity contribution in [1.82, 2.24) is 0 Å². The topological polar surface area (TPSA) is 17.1 Å². The van der Waals surface area contributed by atoms with Crippen LogP contribution in [0.2, 0.25) is 0 Å². The van der Waals surface area contributed by atoms with Crippen molar-refractivity contribution in [2.75, 3.05) is 0 Å². The molecule has 0 atom stereocenters. The molecule has 0 spiro atoms. The summed E-state index contributed by atoms with van der Waals surface area (Å²) in [4.78, 5) is 0. The van der Waals surface area contributed by atoms with E-state index in [4.69, 9.17) is 3.32 Å². The van der Waals surface area contributed by atoms with Crippen molar-refractivity contribution in [3.05, 3.63) is 0 Å². The van der Waals surface area contributed by atoms with Gasteiger partial charge in [-0.2, -0.15) is 0 Å². The summed E-state index contributed by atoms with van der Waals surface area (Å²) < 4.78 is 8.25. The van der Waals surface area contributed by atoms with Crippen molar-refractivity contribution in [3.63, 3.8) is 0 Å². The first kappa shape index (κ1) is 15.6. The number of hydrogen-bond donors (Lipinski definition) is 0. The Kier molecular flexibility index (Phi) is 97.7. The SMILES string of the molecule is [O]=[Ti].[Ru].[Ta][Ir]. The molecule has 1 nitrogen and oxygen atoms in total. The Morgan fingerprint density at radius 3 is 1.40 bits per heavy atom. The molecule has 0 aromatic carbocycles. The van der Waals surface area contributed by atoms with Gasteiger partial charge in [0.15, 0.2) is 0 Å². The van der Waals surface area contributed by atoms with Gasteiger partial charge in [0.25, 0.3) is 0 Å². The van der Waals surface area contributed by atoms with Crippen LogP contribution in [0.25, 0.3) is 0 Å². The second-order valence-electron chi connectivity index (χ2n) is 0. The zero-order valence-electron chi connectivity index (χ0n) is 2.04. The molecule has 0 unspecified atom stereocenters. The molecule has 0 aliphatic heterocycles. The van der Waals surface area contributed by atoms with Crippen LogP contribution < -0.4 is 0 Å². The van der Waals surface area contributed by atoms with Crippen LogP contribution in [0.1, 0.15) is 0 Å². The van der Waals surface area contributed by atoms with E-state index in [-0.39, 0.29) is 19.5 Å². The molecule has 0 N–H and O–H groups in total. The van der Waals surface area contributed by atoms with Crippen LogP contribution in [-0.2, 0) is 77.1 Å². The van der Waals surface area contributed by atoms with Gasteiger partial charge in [-0.15, -0.1) is 0 Å². The molecule has 0 bridgehead atoms. The predicted octanol–water partition coefficient (Wildman–Crippen LogP) is -0.129. The summed E-state index contributed by atoms with van der Waals surface area (Å²) in [5.41, 5.74) is 0. The number of hydrogen-bond acceptors (Lipinski definition) is 1. The van der Waals surface area contributed by atoms with Crippen molar-refractivity contribution in [2.45, 2.75) is 0 Å².